The first-order valence-corrected chi connectivity index (χ1v) is 14.3. The van der Waals surface area contributed by atoms with Crippen LogP contribution in [0.5, 0.6) is 0 Å². The smallest absolute Gasteiger partial charge is 0.130 e. The lowest BCUT2D eigenvalue weighted by molar-refractivity contribution is 1.35. The molecule has 4 nitrogen and oxygen atoms in total. The van der Waals surface area contributed by atoms with E-state index in [2.05, 4.69) is 56.3 Å². The zero-order valence-electron chi connectivity index (χ0n) is 21.8. The summed E-state index contributed by atoms with van der Waals surface area (Å²) < 4.78 is 0. The van der Waals surface area contributed by atoms with Crippen LogP contribution in [0.25, 0.3) is 60.9 Å². The van der Waals surface area contributed by atoms with Crippen molar-refractivity contribution < 1.29 is 0 Å². The number of benzene rings is 2. The Hall–Kier alpha value is -4.88. The molecule has 0 aliphatic heterocycles. The van der Waals surface area contributed by atoms with E-state index >= 15 is 0 Å². The molecule has 0 N–H and O–H groups in total. The third-order valence-electron chi connectivity index (χ3n) is 6.76. The maximum Gasteiger partial charge on any atom is 0.130 e. The number of fused-ring (bicyclic) bond motifs is 1. The van der Waals surface area contributed by atoms with Gasteiger partial charge in [-0.05, 0) is 42.7 Å². The molecule has 40 heavy (non-hydrogen) atoms. The van der Waals surface area contributed by atoms with Gasteiger partial charge >= 0.3 is 0 Å². The first-order chi connectivity index (χ1) is 19.6. The van der Waals surface area contributed by atoms with Crippen molar-refractivity contribution in [3.63, 3.8) is 0 Å². The average Bonchev–Trinajstić information content (AvgIpc) is 3.65. The van der Waals surface area contributed by atoms with Crippen LogP contribution in [-0.4, -0.2) is 9.97 Å². The van der Waals surface area contributed by atoms with Crippen molar-refractivity contribution >= 4 is 28.7 Å². The van der Waals surface area contributed by atoms with Crippen LogP contribution in [0.1, 0.15) is 15.3 Å². The van der Waals surface area contributed by atoms with Crippen LogP contribution >= 0.6 is 22.7 Å². The molecule has 2 aliphatic rings. The fraction of sp³-hybridized carbons (Fsp3) is 0.0588. The van der Waals surface area contributed by atoms with Crippen LogP contribution < -0.4 is 0 Å². The van der Waals surface area contributed by atoms with Crippen LogP contribution in [0.3, 0.4) is 0 Å². The topological polar surface area (TPSA) is 73.4 Å². The van der Waals surface area contributed by atoms with E-state index in [9.17, 15) is 10.5 Å². The van der Waals surface area contributed by atoms with Gasteiger partial charge in [-0.25, -0.2) is 9.97 Å². The number of nitrogens with zero attached hydrogens (tertiary/aromatic N) is 4. The Morgan fingerprint density at radius 3 is 1.70 bits per heavy atom. The first kappa shape index (κ1) is 25.4. The number of allylic oxidation sites excluding steroid dienone is 1. The molecule has 0 amide bonds. The minimum atomic E-state index is 0.0693. The Kier molecular flexibility index (Phi) is 6.80. The lowest BCUT2D eigenvalue weighted by Gasteiger charge is -2.06. The second kappa shape index (κ2) is 10.7. The van der Waals surface area contributed by atoms with E-state index in [1.165, 1.54) is 0 Å². The van der Waals surface area contributed by atoms with Crippen LogP contribution in [0.2, 0.25) is 0 Å². The number of hydrogen-bond acceptors (Lipinski definition) is 6. The number of rotatable bonds is 5. The van der Waals surface area contributed by atoms with Crippen LogP contribution in [0, 0.1) is 36.5 Å². The summed E-state index contributed by atoms with van der Waals surface area (Å²) in [6.45, 7) is 4.21. The van der Waals surface area contributed by atoms with E-state index in [-0.39, 0.29) is 5.57 Å². The lowest BCUT2D eigenvalue weighted by Crippen LogP contribution is -1.88. The SMILES string of the molecule is Cc1sc(-c2ccccc2)nc1-c1ccc2ccc(C=C(C#N)C#N)c-2cc1-c1nc(-c2ccccc2)sc1C. The van der Waals surface area contributed by atoms with E-state index in [1.807, 2.05) is 60.7 Å². The van der Waals surface area contributed by atoms with Gasteiger partial charge in [0.25, 0.3) is 0 Å². The molecule has 2 heterocycles. The molecule has 0 saturated carbocycles. The minimum absolute atomic E-state index is 0.0693. The van der Waals surface area contributed by atoms with Crippen molar-refractivity contribution in [1.82, 2.24) is 9.97 Å². The highest BCUT2D eigenvalue weighted by atomic mass is 32.1. The molecule has 2 aromatic heterocycles. The summed E-state index contributed by atoms with van der Waals surface area (Å²) in [5.74, 6) is 0. The summed E-state index contributed by atoms with van der Waals surface area (Å²) >= 11 is 3.35. The van der Waals surface area contributed by atoms with Crippen molar-refractivity contribution in [3.8, 4) is 66.9 Å². The maximum atomic E-state index is 9.39. The van der Waals surface area contributed by atoms with Gasteiger partial charge < -0.3 is 0 Å². The Morgan fingerprint density at radius 1 is 0.625 bits per heavy atom. The quantitative estimate of drug-likeness (QED) is 0.200. The highest BCUT2D eigenvalue weighted by molar-refractivity contribution is 7.15. The lowest BCUT2D eigenvalue weighted by atomic mass is 10.0. The van der Waals surface area contributed by atoms with E-state index in [4.69, 9.17) is 9.97 Å². The summed E-state index contributed by atoms with van der Waals surface area (Å²) in [6, 6.07) is 34.7. The van der Waals surface area contributed by atoms with Gasteiger partial charge in [-0.15, -0.1) is 22.7 Å². The molecule has 2 aromatic carbocycles. The Labute approximate surface area is 241 Å². The first-order valence-electron chi connectivity index (χ1n) is 12.7. The second-order valence-electron chi connectivity index (χ2n) is 9.32. The second-order valence-corrected chi connectivity index (χ2v) is 11.7. The van der Waals surface area contributed by atoms with Crippen LogP contribution in [0.4, 0.5) is 0 Å². The van der Waals surface area contributed by atoms with Gasteiger partial charge in [0.1, 0.15) is 27.7 Å². The predicted molar refractivity (Wildman–Crippen MR) is 165 cm³/mol. The van der Waals surface area contributed by atoms with Crippen molar-refractivity contribution in [2.75, 3.05) is 0 Å². The van der Waals surface area contributed by atoms with Gasteiger partial charge in [-0.1, -0.05) is 84.9 Å². The number of hydrogen-bond donors (Lipinski definition) is 0. The summed E-state index contributed by atoms with van der Waals surface area (Å²) in [5, 5.41) is 20.7. The predicted octanol–water partition coefficient (Wildman–Crippen LogP) is 9.42. The van der Waals surface area contributed by atoms with Crippen molar-refractivity contribution in [1.29, 1.82) is 10.5 Å². The largest absolute Gasteiger partial charge is 0.236 e. The highest BCUT2D eigenvalue weighted by Gasteiger charge is 2.21. The maximum absolute atomic E-state index is 9.39. The van der Waals surface area contributed by atoms with Gasteiger partial charge in [0.05, 0.1) is 11.4 Å². The normalized spacial score (nSPS) is 10.7. The molecule has 0 atom stereocenters. The van der Waals surface area contributed by atoms with E-state index in [0.717, 1.165) is 70.1 Å². The van der Waals surface area contributed by atoms with E-state index < -0.39 is 0 Å². The van der Waals surface area contributed by atoms with Crippen LogP contribution in [-0.2, 0) is 0 Å². The molecular weight excluding hydrogens is 529 g/mol. The Bertz CT molecular complexity index is 1920. The molecule has 0 bridgehead atoms. The summed E-state index contributed by atoms with van der Waals surface area (Å²) in [7, 11) is 0. The molecule has 0 radical (unpaired) electrons. The highest BCUT2D eigenvalue weighted by Crippen LogP contribution is 2.43. The summed E-state index contributed by atoms with van der Waals surface area (Å²) in [6.07, 6.45) is 1.65. The monoisotopic (exact) mass is 550 g/mol. The van der Waals surface area contributed by atoms with Gasteiger partial charge in [0, 0.05) is 32.0 Å². The number of thiazole rings is 2. The molecule has 2 aliphatic carbocycles. The molecule has 6 rings (SSSR count). The number of nitriles is 2. The summed E-state index contributed by atoms with van der Waals surface area (Å²) in [5.41, 5.74) is 8.83. The molecule has 6 heteroatoms. The third kappa shape index (κ3) is 4.72. The molecule has 4 aromatic rings. The molecular formula is C34H22N4S2. The van der Waals surface area contributed by atoms with Crippen LogP contribution in [0.15, 0.2) is 96.6 Å². The zero-order valence-corrected chi connectivity index (χ0v) is 23.5. The fourth-order valence-electron chi connectivity index (χ4n) is 4.80. The standard InChI is InChI=1S/C34H22N4S2/c1-21-31(37-33(39-21)25-9-5-3-6-10-25)28-16-15-24-13-14-27(17-23(19-35)20-36)29(24)18-30(28)32-22(2)40-34(38-32)26-11-7-4-8-12-26/h3-18H,1-2H3. The minimum Gasteiger partial charge on any atom is -0.236 e. The summed E-state index contributed by atoms with van der Waals surface area (Å²) in [4.78, 5) is 12.5. The molecule has 0 spiro atoms. The Morgan fingerprint density at radius 2 is 1.15 bits per heavy atom. The van der Waals surface area contributed by atoms with Gasteiger partial charge in [0.15, 0.2) is 0 Å². The van der Waals surface area contributed by atoms with E-state index in [1.54, 1.807) is 28.7 Å². The van der Waals surface area contributed by atoms with E-state index in [0.29, 0.717) is 0 Å². The number of aromatic nitrogens is 2. The molecule has 0 saturated heterocycles. The Balaban J connectivity index is 1.62. The van der Waals surface area contributed by atoms with Gasteiger partial charge in [-0.3, -0.25) is 0 Å². The number of aryl methyl sites for hydroxylation is 2. The molecule has 0 unspecified atom stereocenters. The van der Waals surface area contributed by atoms with Gasteiger partial charge in [-0.2, -0.15) is 10.5 Å². The van der Waals surface area contributed by atoms with Crippen molar-refractivity contribution in [2.24, 2.45) is 0 Å². The molecule has 0 fully saturated rings. The zero-order chi connectivity index (χ0) is 27.6. The fourth-order valence-corrected chi connectivity index (χ4v) is 6.66. The average molecular weight is 551 g/mol. The third-order valence-corrected chi connectivity index (χ3v) is 8.80. The van der Waals surface area contributed by atoms with Crippen molar-refractivity contribution in [3.05, 3.63) is 112 Å². The van der Waals surface area contributed by atoms with Gasteiger partial charge in [0.2, 0.25) is 0 Å². The van der Waals surface area contributed by atoms with Crippen molar-refractivity contribution in [2.45, 2.75) is 13.8 Å². The molecule has 190 valence electrons.